The number of hydrogen-bond acceptors (Lipinski definition) is 7. The number of carbonyl (C=O) groups excluding carboxylic acids is 2. The van der Waals surface area contributed by atoms with E-state index >= 15 is 0 Å². The third kappa shape index (κ3) is 4.54. The van der Waals surface area contributed by atoms with Gasteiger partial charge in [-0.2, -0.15) is 4.37 Å². The molecule has 0 radical (unpaired) electrons. The lowest BCUT2D eigenvalue weighted by Gasteiger charge is -2.35. The predicted octanol–water partition coefficient (Wildman–Crippen LogP) is 4.09. The number of ether oxygens (including phenoxy) is 1. The Labute approximate surface area is 210 Å². The van der Waals surface area contributed by atoms with Gasteiger partial charge < -0.3 is 19.9 Å². The van der Waals surface area contributed by atoms with Crippen LogP contribution in [0.4, 0.5) is 11.4 Å². The van der Waals surface area contributed by atoms with Gasteiger partial charge in [0.15, 0.2) is 0 Å². The Morgan fingerprint density at radius 2 is 1.88 bits per heavy atom. The number of fused-ring (bicyclic) bond motifs is 1. The molecule has 0 atom stereocenters. The van der Waals surface area contributed by atoms with Gasteiger partial charge in [-0.05, 0) is 59.4 Å². The maximum atomic E-state index is 13.5. The number of aromatic nitrogens is 2. The molecule has 0 saturated carbocycles. The third-order valence-corrected chi connectivity index (χ3v) is 8.03. The third-order valence-electron chi connectivity index (χ3n) is 6.49. The SMILES string of the molecule is Cc1nsc2ncc(C(=O)N3CCOCC3)c(N3CCC(C(=O)Nc4ccccc4Br)CC3)c12. The standard InChI is InChI=1S/C24H26BrN5O3S/c1-15-20-21(17(14-26-23(20)34-28-15)24(32)30-10-12-33-13-11-30)29-8-6-16(7-9-29)22(31)27-19-5-3-2-4-18(19)25/h2-5,14,16H,6-13H2,1H3,(H,27,31). The summed E-state index contributed by atoms with van der Waals surface area (Å²) in [6, 6.07) is 7.63. The number of nitrogens with zero attached hydrogens (tertiary/aromatic N) is 4. The number of rotatable bonds is 4. The van der Waals surface area contributed by atoms with Crippen LogP contribution >= 0.6 is 27.5 Å². The van der Waals surface area contributed by atoms with Crippen LogP contribution in [0.2, 0.25) is 0 Å². The van der Waals surface area contributed by atoms with Crippen LogP contribution in [0.5, 0.6) is 0 Å². The summed E-state index contributed by atoms with van der Waals surface area (Å²) in [5.74, 6) is -0.0720. The molecule has 1 N–H and O–H groups in total. The highest BCUT2D eigenvalue weighted by molar-refractivity contribution is 9.10. The van der Waals surface area contributed by atoms with Gasteiger partial charge in [0.2, 0.25) is 5.91 Å². The maximum absolute atomic E-state index is 13.5. The van der Waals surface area contributed by atoms with E-state index in [2.05, 4.69) is 35.5 Å². The molecule has 3 aromatic rings. The van der Waals surface area contributed by atoms with Crippen molar-refractivity contribution in [3.8, 4) is 0 Å². The van der Waals surface area contributed by atoms with Crippen molar-refractivity contribution in [1.82, 2.24) is 14.3 Å². The van der Waals surface area contributed by atoms with Gasteiger partial charge in [-0.15, -0.1) is 0 Å². The van der Waals surface area contributed by atoms with E-state index in [-0.39, 0.29) is 17.7 Å². The molecule has 2 saturated heterocycles. The molecule has 0 aliphatic carbocycles. The van der Waals surface area contributed by atoms with Gasteiger partial charge in [-0.3, -0.25) is 9.59 Å². The average molecular weight is 544 g/mol. The fraction of sp³-hybridized carbons (Fsp3) is 0.417. The van der Waals surface area contributed by atoms with Crippen LogP contribution < -0.4 is 10.2 Å². The number of amides is 2. The number of anilines is 2. The van der Waals surface area contributed by atoms with Crippen molar-refractivity contribution in [3.63, 3.8) is 0 Å². The topological polar surface area (TPSA) is 87.7 Å². The van der Waals surface area contributed by atoms with Crippen molar-refractivity contribution in [2.45, 2.75) is 19.8 Å². The minimum atomic E-state index is -0.0826. The number of hydrogen-bond donors (Lipinski definition) is 1. The number of halogens is 1. The number of carbonyl (C=O) groups is 2. The minimum Gasteiger partial charge on any atom is -0.378 e. The number of morpholine rings is 1. The first-order chi connectivity index (χ1) is 16.5. The Morgan fingerprint density at radius 1 is 1.15 bits per heavy atom. The Kier molecular flexibility index (Phi) is 6.80. The van der Waals surface area contributed by atoms with Gasteiger partial charge in [0.25, 0.3) is 5.91 Å². The molecule has 5 rings (SSSR count). The lowest BCUT2D eigenvalue weighted by atomic mass is 9.94. The monoisotopic (exact) mass is 543 g/mol. The highest BCUT2D eigenvalue weighted by Crippen LogP contribution is 2.37. The first-order valence-corrected chi connectivity index (χ1v) is 13.0. The van der Waals surface area contributed by atoms with Crippen LogP contribution in [0, 0.1) is 12.8 Å². The van der Waals surface area contributed by atoms with E-state index < -0.39 is 0 Å². The van der Waals surface area contributed by atoms with Crippen LogP contribution in [0.1, 0.15) is 28.9 Å². The van der Waals surface area contributed by atoms with Gasteiger partial charge in [0.1, 0.15) is 4.83 Å². The second-order valence-electron chi connectivity index (χ2n) is 8.60. The molecule has 0 unspecified atom stereocenters. The van der Waals surface area contributed by atoms with Crippen LogP contribution in [-0.2, 0) is 9.53 Å². The smallest absolute Gasteiger partial charge is 0.257 e. The van der Waals surface area contributed by atoms with E-state index in [9.17, 15) is 9.59 Å². The largest absolute Gasteiger partial charge is 0.378 e. The van der Waals surface area contributed by atoms with Crippen molar-refractivity contribution in [2.24, 2.45) is 5.92 Å². The molecular formula is C24H26BrN5O3S. The first-order valence-electron chi connectivity index (χ1n) is 11.5. The van der Waals surface area contributed by atoms with Gasteiger partial charge >= 0.3 is 0 Å². The quantitative estimate of drug-likeness (QED) is 0.533. The van der Waals surface area contributed by atoms with Crippen LogP contribution in [0.3, 0.4) is 0 Å². The van der Waals surface area contributed by atoms with E-state index in [0.717, 1.165) is 31.8 Å². The summed E-state index contributed by atoms with van der Waals surface area (Å²) >= 11 is 4.85. The highest BCUT2D eigenvalue weighted by atomic mass is 79.9. The lowest BCUT2D eigenvalue weighted by molar-refractivity contribution is -0.120. The molecule has 2 amide bonds. The second-order valence-corrected chi connectivity index (χ2v) is 10.2. The zero-order chi connectivity index (χ0) is 23.7. The summed E-state index contributed by atoms with van der Waals surface area (Å²) in [5.41, 5.74) is 3.17. The summed E-state index contributed by atoms with van der Waals surface area (Å²) in [4.78, 5) is 35.9. The van der Waals surface area contributed by atoms with Crippen molar-refractivity contribution < 1.29 is 14.3 Å². The molecule has 1 aromatic carbocycles. The lowest BCUT2D eigenvalue weighted by Crippen LogP contribution is -2.42. The first kappa shape index (κ1) is 23.2. The zero-order valence-electron chi connectivity index (χ0n) is 18.9. The summed E-state index contributed by atoms with van der Waals surface area (Å²) in [7, 11) is 0. The van der Waals surface area contributed by atoms with E-state index in [1.807, 2.05) is 36.1 Å². The van der Waals surface area contributed by atoms with Gasteiger partial charge in [0, 0.05) is 42.8 Å². The molecule has 2 aliphatic heterocycles. The molecule has 0 spiro atoms. The summed E-state index contributed by atoms with van der Waals surface area (Å²) < 4.78 is 10.8. The van der Waals surface area contributed by atoms with Crippen molar-refractivity contribution in [3.05, 3.63) is 46.2 Å². The van der Waals surface area contributed by atoms with Gasteiger partial charge in [0.05, 0.1) is 41.2 Å². The van der Waals surface area contributed by atoms with Crippen molar-refractivity contribution in [1.29, 1.82) is 0 Å². The molecule has 4 heterocycles. The number of aryl methyl sites for hydroxylation is 1. The number of piperidine rings is 1. The van der Waals surface area contributed by atoms with Crippen molar-refractivity contribution >= 4 is 60.9 Å². The fourth-order valence-corrected chi connectivity index (χ4v) is 5.76. The number of para-hydroxylation sites is 1. The number of nitrogens with one attached hydrogen (secondary N) is 1. The van der Waals surface area contributed by atoms with Gasteiger partial charge in [-0.25, -0.2) is 4.98 Å². The fourth-order valence-electron chi connectivity index (χ4n) is 4.62. The van der Waals surface area contributed by atoms with Crippen molar-refractivity contribution in [2.75, 3.05) is 49.6 Å². The van der Waals surface area contributed by atoms with Gasteiger partial charge in [-0.1, -0.05) is 12.1 Å². The maximum Gasteiger partial charge on any atom is 0.257 e. The average Bonchev–Trinajstić information content (AvgIpc) is 3.26. The molecule has 8 nitrogen and oxygen atoms in total. The minimum absolute atomic E-state index is 0.0212. The molecule has 2 aromatic heterocycles. The van der Waals surface area contributed by atoms with Crippen LogP contribution in [-0.4, -0.2) is 65.5 Å². The van der Waals surface area contributed by atoms with Crippen LogP contribution in [0.25, 0.3) is 10.2 Å². The molecule has 10 heteroatoms. The summed E-state index contributed by atoms with van der Waals surface area (Å²) in [5, 5.41) is 3.99. The normalized spacial score (nSPS) is 17.2. The predicted molar refractivity (Wildman–Crippen MR) is 137 cm³/mol. The highest BCUT2D eigenvalue weighted by Gasteiger charge is 2.31. The van der Waals surface area contributed by atoms with E-state index in [1.165, 1.54) is 11.5 Å². The Hall–Kier alpha value is -2.56. The van der Waals surface area contributed by atoms with E-state index in [1.54, 1.807) is 6.20 Å². The molecule has 34 heavy (non-hydrogen) atoms. The summed E-state index contributed by atoms with van der Waals surface area (Å²) in [6.45, 7) is 5.59. The van der Waals surface area contributed by atoms with E-state index in [0.29, 0.717) is 57.8 Å². The molecule has 2 fully saturated rings. The zero-order valence-corrected chi connectivity index (χ0v) is 21.3. The Morgan fingerprint density at radius 3 is 2.62 bits per heavy atom. The van der Waals surface area contributed by atoms with Crippen LogP contribution in [0.15, 0.2) is 34.9 Å². The molecular weight excluding hydrogens is 518 g/mol. The number of benzene rings is 1. The molecule has 2 aliphatic rings. The Bertz CT molecular complexity index is 1220. The molecule has 178 valence electrons. The number of pyridine rings is 1. The second kappa shape index (κ2) is 9.97. The molecule has 0 bridgehead atoms. The Balaban J connectivity index is 1.38. The van der Waals surface area contributed by atoms with E-state index in [4.69, 9.17) is 4.74 Å². The summed E-state index contributed by atoms with van der Waals surface area (Å²) in [6.07, 6.45) is 3.11.